The normalized spacial score (nSPS) is 10.2. The highest BCUT2D eigenvalue weighted by Gasteiger charge is 2.12. The second-order valence-electron chi connectivity index (χ2n) is 4.30. The number of aryl methyl sites for hydroxylation is 1. The average molecular weight is 266 g/mol. The molecule has 0 aromatic heterocycles. The van der Waals surface area contributed by atoms with Crippen molar-refractivity contribution in [2.45, 2.75) is 26.2 Å². The molecule has 0 aliphatic rings. The fourth-order valence-electron chi connectivity index (χ4n) is 1.73. The first-order valence-electron chi connectivity index (χ1n) is 6.20. The summed E-state index contributed by atoms with van der Waals surface area (Å²) in [7, 11) is 0. The van der Waals surface area contributed by atoms with Crippen LogP contribution in [0.4, 0.5) is 5.69 Å². The van der Waals surface area contributed by atoms with E-state index in [-0.39, 0.29) is 18.2 Å². The predicted octanol–water partition coefficient (Wildman–Crippen LogP) is 1.80. The number of nitrogens with one attached hydrogen (secondary N) is 1. The van der Waals surface area contributed by atoms with Crippen LogP contribution in [-0.2, 0) is 0 Å². The van der Waals surface area contributed by atoms with Crippen LogP contribution in [0, 0.1) is 17.0 Å². The number of unbranched alkanes of at least 4 members (excludes halogenated alkanes) is 2. The van der Waals surface area contributed by atoms with Gasteiger partial charge in [0, 0.05) is 30.8 Å². The Hall–Kier alpha value is -1.95. The lowest BCUT2D eigenvalue weighted by molar-refractivity contribution is -0.384. The number of nitro benzene ring substituents is 1. The first-order chi connectivity index (χ1) is 9.06. The van der Waals surface area contributed by atoms with Gasteiger partial charge in [0.15, 0.2) is 0 Å². The van der Waals surface area contributed by atoms with Crippen LogP contribution < -0.4 is 5.32 Å². The Morgan fingerprint density at radius 1 is 1.37 bits per heavy atom. The van der Waals surface area contributed by atoms with E-state index < -0.39 is 4.92 Å². The Bertz CT molecular complexity index is 460. The van der Waals surface area contributed by atoms with Crippen molar-refractivity contribution >= 4 is 11.6 Å². The maximum atomic E-state index is 11.8. The van der Waals surface area contributed by atoms with Crippen molar-refractivity contribution in [1.82, 2.24) is 5.32 Å². The van der Waals surface area contributed by atoms with Gasteiger partial charge in [-0.3, -0.25) is 14.9 Å². The molecular formula is C13H18N2O4. The molecule has 19 heavy (non-hydrogen) atoms. The second-order valence-corrected chi connectivity index (χ2v) is 4.30. The molecule has 1 aromatic rings. The fourth-order valence-corrected chi connectivity index (χ4v) is 1.73. The molecule has 0 heterocycles. The molecule has 1 aromatic carbocycles. The average Bonchev–Trinajstić information content (AvgIpc) is 2.38. The van der Waals surface area contributed by atoms with Gasteiger partial charge < -0.3 is 10.4 Å². The van der Waals surface area contributed by atoms with Crippen molar-refractivity contribution in [2.75, 3.05) is 13.2 Å². The standard InChI is InChI=1S/C13H18N2O4/c1-10-9-11(15(18)19)5-6-12(10)13(17)14-7-3-2-4-8-16/h5-6,9,16H,2-4,7-8H2,1H3,(H,14,17). The molecule has 6 nitrogen and oxygen atoms in total. The molecule has 6 heteroatoms. The summed E-state index contributed by atoms with van der Waals surface area (Å²) >= 11 is 0. The summed E-state index contributed by atoms with van der Waals surface area (Å²) in [5.74, 6) is -0.226. The van der Waals surface area contributed by atoms with Gasteiger partial charge in [-0.2, -0.15) is 0 Å². The maximum absolute atomic E-state index is 11.8. The summed E-state index contributed by atoms with van der Waals surface area (Å²) in [6, 6.07) is 4.19. The van der Waals surface area contributed by atoms with E-state index in [9.17, 15) is 14.9 Å². The van der Waals surface area contributed by atoms with Gasteiger partial charge in [0.25, 0.3) is 11.6 Å². The quantitative estimate of drug-likeness (QED) is 0.447. The van der Waals surface area contributed by atoms with Gasteiger partial charge in [0.05, 0.1) is 4.92 Å². The van der Waals surface area contributed by atoms with Crippen LogP contribution >= 0.6 is 0 Å². The van der Waals surface area contributed by atoms with Gasteiger partial charge in [-0.1, -0.05) is 0 Å². The Kier molecular flexibility index (Phi) is 5.95. The van der Waals surface area contributed by atoms with Gasteiger partial charge in [0.2, 0.25) is 0 Å². The van der Waals surface area contributed by atoms with E-state index in [1.165, 1.54) is 18.2 Å². The Morgan fingerprint density at radius 2 is 2.11 bits per heavy atom. The van der Waals surface area contributed by atoms with E-state index in [1.54, 1.807) is 6.92 Å². The van der Waals surface area contributed by atoms with E-state index >= 15 is 0 Å². The Balaban J connectivity index is 2.55. The minimum atomic E-state index is -0.483. The highest BCUT2D eigenvalue weighted by atomic mass is 16.6. The number of aliphatic hydroxyl groups is 1. The molecule has 0 radical (unpaired) electrons. The lowest BCUT2D eigenvalue weighted by Gasteiger charge is -2.07. The van der Waals surface area contributed by atoms with Crippen molar-refractivity contribution in [1.29, 1.82) is 0 Å². The number of carbonyl (C=O) groups excluding carboxylic acids is 1. The zero-order chi connectivity index (χ0) is 14.3. The molecule has 1 rings (SSSR count). The fraction of sp³-hybridized carbons (Fsp3) is 0.462. The molecule has 0 atom stereocenters. The summed E-state index contributed by atoms with van der Waals surface area (Å²) < 4.78 is 0. The molecule has 104 valence electrons. The molecule has 2 N–H and O–H groups in total. The minimum Gasteiger partial charge on any atom is -0.396 e. The van der Waals surface area contributed by atoms with Crippen LogP contribution in [-0.4, -0.2) is 29.1 Å². The largest absolute Gasteiger partial charge is 0.396 e. The lowest BCUT2D eigenvalue weighted by atomic mass is 10.1. The minimum absolute atomic E-state index is 0.0167. The summed E-state index contributed by atoms with van der Waals surface area (Å²) in [6.07, 6.45) is 2.39. The molecule has 0 saturated heterocycles. The summed E-state index contributed by atoms with van der Waals surface area (Å²) in [6.45, 7) is 2.37. The molecular weight excluding hydrogens is 248 g/mol. The van der Waals surface area contributed by atoms with Crippen LogP contribution in [0.25, 0.3) is 0 Å². The van der Waals surface area contributed by atoms with Gasteiger partial charge in [-0.25, -0.2) is 0 Å². The number of hydrogen-bond donors (Lipinski definition) is 2. The lowest BCUT2D eigenvalue weighted by Crippen LogP contribution is -2.25. The SMILES string of the molecule is Cc1cc([N+](=O)[O-])ccc1C(=O)NCCCCCO. The molecule has 0 bridgehead atoms. The third-order valence-electron chi connectivity index (χ3n) is 2.79. The number of nitro groups is 1. The predicted molar refractivity (Wildman–Crippen MR) is 71.1 cm³/mol. The Labute approximate surface area is 111 Å². The van der Waals surface area contributed by atoms with Gasteiger partial charge in [0.1, 0.15) is 0 Å². The van der Waals surface area contributed by atoms with Crippen LogP contribution in [0.15, 0.2) is 18.2 Å². The number of benzene rings is 1. The molecule has 0 aliphatic carbocycles. The topological polar surface area (TPSA) is 92.5 Å². The highest BCUT2D eigenvalue weighted by Crippen LogP contribution is 2.16. The van der Waals surface area contributed by atoms with Gasteiger partial charge >= 0.3 is 0 Å². The summed E-state index contributed by atoms with van der Waals surface area (Å²) in [5.41, 5.74) is 1.02. The number of non-ortho nitro benzene ring substituents is 1. The van der Waals surface area contributed by atoms with E-state index in [0.29, 0.717) is 17.7 Å². The van der Waals surface area contributed by atoms with Crippen LogP contribution in [0.5, 0.6) is 0 Å². The van der Waals surface area contributed by atoms with Crippen LogP contribution in [0.2, 0.25) is 0 Å². The van der Waals surface area contributed by atoms with Gasteiger partial charge in [-0.15, -0.1) is 0 Å². The number of carbonyl (C=O) groups is 1. The monoisotopic (exact) mass is 266 g/mol. The number of nitrogens with zero attached hydrogens (tertiary/aromatic N) is 1. The molecule has 1 amide bonds. The summed E-state index contributed by atoms with van der Waals surface area (Å²) in [4.78, 5) is 22.0. The maximum Gasteiger partial charge on any atom is 0.269 e. The molecule has 0 spiro atoms. The van der Waals surface area contributed by atoms with Crippen molar-refractivity contribution in [3.05, 3.63) is 39.4 Å². The van der Waals surface area contributed by atoms with Crippen molar-refractivity contribution in [3.8, 4) is 0 Å². The smallest absolute Gasteiger partial charge is 0.269 e. The van der Waals surface area contributed by atoms with Crippen molar-refractivity contribution in [3.63, 3.8) is 0 Å². The highest BCUT2D eigenvalue weighted by molar-refractivity contribution is 5.95. The molecule has 0 saturated carbocycles. The first kappa shape index (κ1) is 15.1. The second kappa shape index (κ2) is 7.48. The van der Waals surface area contributed by atoms with E-state index in [0.717, 1.165) is 19.3 Å². The van der Waals surface area contributed by atoms with Gasteiger partial charge in [-0.05, 0) is 37.8 Å². The third kappa shape index (κ3) is 4.67. The van der Waals surface area contributed by atoms with Crippen molar-refractivity contribution in [2.24, 2.45) is 0 Å². The third-order valence-corrected chi connectivity index (χ3v) is 2.79. The first-order valence-corrected chi connectivity index (χ1v) is 6.20. The number of amides is 1. The zero-order valence-electron chi connectivity index (χ0n) is 10.9. The van der Waals surface area contributed by atoms with E-state index in [4.69, 9.17) is 5.11 Å². The molecule has 0 fully saturated rings. The van der Waals surface area contributed by atoms with E-state index in [1.807, 2.05) is 0 Å². The zero-order valence-corrected chi connectivity index (χ0v) is 10.9. The van der Waals surface area contributed by atoms with Crippen LogP contribution in [0.1, 0.15) is 35.2 Å². The number of hydrogen-bond acceptors (Lipinski definition) is 4. The number of rotatable bonds is 7. The van der Waals surface area contributed by atoms with Crippen LogP contribution in [0.3, 0.4) is 0 Å². The number of aliphatic hydroxyl groups excluding tert-OH is 1. The van der Waals surface area contributed by atoms with Crippen molar-refractivity contribution < 1.29 is 14.8 Å². The molecule has 0 aliphatic heterocycles. The summed E-state index contributed by atoms with van der Waals surface area (Å²) in [5, 5.41) is 22.0. The van der Waals surface area contributed by atoms with E-state index in [2.05, 4.69) is 5.32 Å². The molecule has 0 unspecified atom stereocenters. The Morgan fingerprint density at radius 3 is 2.68 bits per heavy atom.